The van der Waals surface area contributed by atoms with Crippen molar-refractivity contribution in [2.75, 3.05) is 46.6 Å². The highest BCUT2D eigenvalue weighted by molar-refractivity contribution is 5.76. The minimum absolute atomic E-state index is 0.126. The highest BCUT2D eigenvalue weighted by Gasteiger charge is 2.27. The number of carbonyl (C=O) groups is 1. The van der Waals surface area contributed by atoms with E-state index in [9.17, 15) is 18.0 Å². The van der Waals surface area contributed by atoms with Crippen molar-refractivity contribution in [2.45, 2.75) is 12.6 Å². The van der Waals surface area contributed by atoms with Crippen molar-refractivity contribution < 1.29 is 32.5 Å². The SMILES string of the molecule is COCCN(CCO)C(=O)CCOCC(F)(F)F. The highest BCUT2D eigenvalue weighted by atomic mass is 19.4. The van der Waals surface area contributed by atoms with Crippen LogP contribution in [-0.4, -0.2) is 68.7 Å². The lowest BCUT2D eigenvalue weighted by molar-refractivity contribution is -0.175. The molecule has 0 saturated heterocycles. The fourth-order valence-electron chi connectivity index (χ4n) is 1.19. The summed E-state index contributed by atoms with van der Waals surface area (Å²) in [5.41, 5.74) is 0. The van der Waals surface area contributed by atoms with E-state index in [0.29, 0.717) is 6.61 Å². The predicted molar refractivity (Wildman–Crippen MR) is 57.0 cm³/mol. The van der Waals surface area contributed by atoms with Crippen LogP contribution in [0.3, 0.4) is 0 Å². The third kappa shape index (κ3) is 9.20. The van der Waals surface area contributed by atoms with E-state index < -0.39 is 12.8 Å². The normalized spacial score (nSPS) is 11.6. The third-order valence-corrected chi connectivity index (χ3v) is 2.01. The van der Waals surface area contributed by atoms with Crippen LogP contribution in [0.15, 0.2) is 0 Å². The number of methoxy groups -OCH3 is 1. The molecule has 0 fully saturated rings. The minimum atomic E-state index is -4.39. The molecule has 0 unspecified atom stereocenters. The molecule has 0 aliphatic heterocycles. The van der Waals surface area contributed by atoms with Crippen LogP contribution in [0.2, 0.25) is 0 Å². The van der Waals surface area contributed by atoms with Crippen LogP contribution < -0.4 is 0 Å². The Labute approximate surface area is 103 Å². The molecule has 8 heteroatoms. The first kappa shape index (κ1) is 17.1. The molecule has 0 saturated carbocycles. The molecule has 5 nitrogen and oxygen atoms in total. The number of aliphatic hydroxyl groups is 1. The van der Waals surface area contributed by atoms with Crippen LogP contribution in [0.4, 0.5) is 13.2 Å². The van der Waals surface area contributed by atoms with E-state index in [1.54, 1.807) is 0 Å². The van der Waals surface area contributed by atoms with Gasteiger partial charge in [-0.1, -0.05) is 0 Å². The lowest BCUT2D eigenvalue weighted by atomic mass is 10.3. The van der Waals surface area contributed by atoms with Gasteiger partial charge in [0.2, 0.25) is 5.91 Å². The van der Waals surface area contributed by atoms with Crippen LogP contribution in [0.5, 0.6) is 0 Å². The van der Waals surface area contributed by atoms with E-state index in [-0.39, 0.29) is 38.6 Å². The summed E-state index contributed by atoms with van der Waals surface area (Å²) in [6.45, 7) is -1.16. The zero-order valence-electron chi connectivity index (χ0n) is 10.2. The number of hydrogen-bond acceptors (Lipinski definition) is 4. The van der Waals surface area contributed by atoms with Gasteiger partial charge < -0.3 is 19.5 Å². The zero-order chi connectivity index (χ0) is 14.0. The van der Waals surface area contributed by atoms with E-state index in [0.717, 1.165) is 0 Å². The summed E-state index contributed by atoms with van der Waals surface area (Å²) < 4.78 is 44.4. The Bertz CT molecular complexity index is 236. The number of hydrogen-bond donors (Lipinski definition) is 1. The summed E-state index contributed by atoms with van der Waals surface area (Å²) >= 11 is 0. The first-order valence-corrected chi connectivity index (χ1v) is 5.42. The standard InChI is InChI=1S/C10H18F3NO4/c1-17-7-4-14(3-5-15)9(16)2-6-18-8-10(11,12)13/h15H,2-8H2,1H3. The second-order valence-corrected chi connectivity index (χ2v) is 3.51. The fraction of sp³-hybridized carbons (Fsp3) is 0.900. The van der Waals surface area contributed by atoms with Crippen molar-refractivity contribution >= 4 is 5.91 Å². The molecule has 0 bridgehead atoms. The molecule has 18 heavy (non-hydrogen) atoms. The Balaban J connectivity index is 3.87. The predicted octanol–water partition coefficient (Wildman–Crippen LogP) is 0.423. The highest BCUT2D eigenvalue weighted by Crippen LogP contribution is 2.14. The van der Waals surface area contributed by atoms with Gasteiger partial charge in [-0.05, 0) is 0 Å². The van der Waals surface area contributed by atoms with Gasteiger partial charge >= 0.3 is 6.18 Å². The number of nitrogens with zero attached hydrogens (tertiary/aromatic N) is 1. The summed E-state index contributed by atoms with van der Waals surface area (Å²) in [6, 6.07) is 0. The largest absolute Gasteiger partial charge is 0.411 e. The van der Waals surface area contributed by atoms with Crippen LogP contribution in [0.1, 0.15) is 6.42 Å². The van der Waals surface area contributed by atoms with Crippen LogP contribution >= 0.6 is 0 Å². The molecule has 0 aromatic carbocycles. The number of ether oxygens (including phenoxy) is 2. The van der Waals surface area contributed by atoms with Gasteiger partial charge in [0.15, 0.2) is 0 Å². The molecule has 0 rings (SSSR count). The Morgan fingerprint density at radius 1 is 1.28 bits per heavy atom. The Morgan fingerprint density at radius 2 is 1.94 bits per heavy atom. The summed E-state index contributed by atoms with van der Waals surface area (Å²) in [6.07, 6.45) is -4.54. The summed E-state index contributed by atoms with van der Waals surface area (Å²) in [4.78, 5) is 12.9. The molecule has 0 radical (unpaired) electrons. The Kier molecular flexibility index (Phi) is 8.69. The summed E-state index contributed by atoms with van der Waals surface area (Å²) in [5.74, 6) is -0.372. The lowest BCUT2D eigenvalue weighted by Gasteiger charge is -2.21. The number of aliphatic hydroxyl groups excluding tert-OH is 1. The molecular weight excluding hydrogens is 255 g/mol. The third-order valence-electron chi connectivity index (χ3n) is 2.01. The van der Waals surface area contributed by atoms with Crippen molar-refractivity contribution in [1.29, 1.82) is 0 Å². The van der Waals surface area contributed by atoms with Gasteiger partial charge in [-0.25, -0.2) is 0 Å². The van der Waals surface area contributed by atoms with Crippen LogP contribution in [-0.2, 0) is 14.3 Å². The molecule has 0 aromatic heterocycles. The Morgan fingerprint density at radius 3 is 2.44 bits per heavy atom. The van der Waals surface area contributed by atoms with E-state index in [1.807, 2.05) is 0 Å². The topological polar surface area (TPSA) is 59.0 Å². The monoisotopic (exact) mass is 273 g/mol. The van der Waals surface area contributed by atoms with Crippen molar-refractivity contribution in [3.8, 4) is 0 Å². The van der Waals surface area contributed by atoms with Crippen molar-refractivity contribution in [3.63, 3.8) is 0 Å². The van der Waals surface area contributed by atoms with Gasteiger partial charge in [-0.2, -0.15) is 13.2 Å². The van der Waals surface area contributed by atoms with Gasteiger partial charge in [0.05, 0.1) is 26.2 Å². The number of rotatable bonds is 9. The summed E-state index contributed by atoms with van der Waals surface area (Å²) in [5, 5.41) is 8.75. The molecule has 0 atom stereocenters. The van der Waals surface area contributed by atoms with Gasteiger partial charge in [0.1, 0.15) is 6.61 Å². The number of carbonyl (C=O) groups excluding carboxylic acids is 1. The molecule has 0 aromatic rings. The van der Waals surface area contributed by atoms with Crippen molar-refractivity contribution in [1.82, 2.24) is 4.90 Å². The second kappa shape index (κ2) is 9.12. The molecule has 0 heterocycles. The molecule has 0 aliphatic rings. The summed E-state index contributed by atoms with van der Waals surface area (Å²) in [7, 11) is 1.47. The molecule has 1 N–H and O–H groups in total. The van der Waals surface area contributed by atoms with Gasteiger partial charge in [-0.15, -0.1) is 0 Å². The van der Waals surface area contributed by atoms with Crippen molar-refractivity contribution in [2.24, 2.45) is 0 Å². The lowest BCUT2D eigenvalue weighted by Crippen LogP contribution is -2.36. The Hall–Kier alpha value is -0.860. The maximum Gasteiger partial charge on any atom is 0.411 e. The zero-order valence-corrected chi connectivity index (χ0v) is 10.2. The number of alkyl halides is 3. The van der Waals surface area contributed by atoms with Gasteiger partial charge in [0, 0.05) is 20.2 Å². The molecule has 108 valence electrons. The average molecular weight is 273 g/mol. The van der Waals surface area contributed by atoms with E-state index in [1.165, 1.54) is 12.0 Å². The van der Waals surface area contributed by atoms with Crippen LogP contribution in [0.25, 0.3) is 0 Å². The smallest absolute Gasteiger partial charge is 0.395 e. The molecule has 0 aliphatic carbocycles. The number of amides is 1. The van der Waals surface area contributed by atoms with E-state index >= 15 is 0 Å². The molecule has 0 spiro atoms. The fourth-order valence-corrected chi connectivity index (χ4v) is 1.19. The molecule has 1 amide bonds. The van der Waals surface area contributed by atoms with Gasteiger partial charge in [-0.3, -0.25) is 4.79 Å². The van der Waals surface area contributed by atoms with E-state index in [4.69, 9.17) is 9.84 Å². The second-order valence-electron chi connectivity index (χ2n) is 3.51. The van der Waals surface area contributed by atoms with Crippen molar-refractivity contribution in [3.05, 3.63) is 0 Å². The first-order valence-electron chi connectivity index (χ1n) is 5.42. The van der Waals surface area contributed by atoms with Crippen LogP contribution in [0, 0.1) is 0 Å². The molecular formula is C10H18F3NO4. The average Bonchev–Trinajstić information content (AvgIpc) is 2.28. The quantitative estimate of drug-likeness (QED) is 0.619. The van der Waals surface area contributed by atoms with Gasteiger partial charge in [0.25, 0.3) is 0 Å². The maximum atomic E-state index is 11.8. The maximum absolute atomic E-state index is 11.8. The van der Waals surface area contributed by atoms with E-state index in [2.05, 4.69) is 4.74 Å². The first-order chi connectivity index (χ1) is 8.40. The number of halogens is 3. The minimum Gasteiger partial charge on any atom is -0.395 e.